The zero-order valence-electron chi connectivity index (χ0n) is 4.98. The molecular weight excluding hydrogens is 128 g/mol. The lowest BCUT2D eigenvalue weighted by Crippen LogP contribution is -2.07. The summed E-state index contributed by atoms with van der Waals surface area (Å²) >= 11 is 5.03. The molecule has 0 N–H and O–H groups in total. The molecule has 0 spiro atoms. The highest BCUT2D eigenvalue weighted by Crippen LogP contribution is 1.97. The normalized spacial score (nSPS) is 13.4. The van der Waals surface area contributed by atoms with Crippen LogP contribution in [0.15, 0.2) is 0 Å². The van der Waals surface area contributed by atoms with E-state index in [4.69, 9.17) is 16.3 Å². The highest BCUT2D eigenvalue weighted by atomic mass is 35.5. The van der Waals surface area contributed by atoms with Crippen LogP contribution in [-0.4, -0.2) is 18.5 Å². The lowest BCUT2D eigenvalue weighted by Gasteiger charge is -2.02. The maximum Gasteiger partial charge on any atom is 0.224 e. The Bertz CT molecular complexity index is 82.5. The van der Waals surface area contributed by atoms with Gasteiger partial charge >= 0.3 is 0 Å². The molecule has 2 nitrogen and oxygen atoms in total. The second-order valence-corrected chi connectivity index (χ2v) is 2.03. The van der Waals surface area contributed by atoms with Crippen LogP contribution in [-0.2, 0) is 9.53 Å². The van der Waals surface area contributed by atoms with Gasteiger partial charge in [0.05, 0.1) is 6.10 Å². The largest absolute Gasteiger partial charge is 0.381 e. The van der Waals surface area contributed by atoms with E-state index < -0.39 is 0 Å². The first-order valence-electron chi connectivity index (χ1n) is 2.38. The van der Waals surface area contributed by atoms with E-state index >= 15 is 0 Å². The summed E-state index contributed by atoms with van der Waals surface area (Å²) < 4.78 is 4.76. The quantitative estimate of drug-likeness (QED) is 0.545. The summed E-state index contributed by atoms with van der Waals surface area (Å²) in [5, 5.41) is -0.348. The molecule has 0 aliphatic carbocycles. The first-order valence-corrected chi connectivity index (χ1v) is 2.75. The van der Waals surface area contributed by atoms with E-state index in [0.29, 0.717) is 0 Å². The van der Waals surface area contributed by atoms with Crippen LogP contribution < -0.4 is 0 Å². The molecule has 3 heteroatoms. The molecule has 0 amide bonds. The molecule has 0 saturated heterocycles. The lowest BCUT2D eigenvalue weighted by molar-refractivity contribution is -0.113. The van der Waals surface area contributed by atoms with Crippen LogP contribution in [0.5, 0.6) is 0 Å². The molecule has 0 aliphatic heterocycles. The van der Waals surface area contributed by atoms with Crippen LogP contribution in [0.4, 0.5) is 0 Å². The minimum Gasteiger partial charge on any atom is -0.381 e. The first kappa shape index (κ1) is 7.92. The fourth-order valence-corrected chi connectivity index (χ4v) is 0.527. The molecule has 1 atom stereocenters. The summed E-state index contributed by atoms with van der Waals surface area (Å²) in [7, 11) is 1.55. The summed E-state index contributed by atoms with van der Waals surface area (Å²) in [6.07, 6.45) is 0.234. The number of carbonyl (C=O) groups excluding carboxylic acids is 1. The number of rotatable bonds is 3. The van der Waals surface area contributed by atoms with Crippen molar-refractivity contribution in [2.75, 3.05) is 7.11 Å². The van der Waals surface area contributed by atoms with Crippen molar-refractivity contribution < 1.29 is 9.53 Å². The summed E-state index contributed by atoms with van der Waals surface area (Å²) in [4.78, 5) is 10.1. The molecule has 0 bridgehead atoms. The smallest absolute Gasteiger partial charge is 0.224 e. The Hall–Kier alpha value is -0.0800. The molecule has 48 valence electrons. The number of halogens is 1. The van der Waals surface area contributed by atoms with E-state index in [1.165, 1.54) is 0 Å². The predicted molar refractivity (Wildman–Crippen MR) is 31.9 cm³/mol. The van der Waals surface area contributed by atoms with Crippen LogP contribution in [0, 0.1) is 0 Å². The number of ether oxygens (including phenoxy) is 1. The average Bonchev–Trinajstić information content (AvgIpc) is 1.65. The molecule has 0 rings (SSSR count). The molecule has 0 heterocycles. The van der Waals surface area contributed by atoms with Gasteiger partial charge in [0.2, 0.25) is 5.24 Å². The minimum atomic E-state index is -0.348. The van der Waals surface area contributed by atoms with Crippen LogP contribution in [0.25, 0.3) is 0 Å². The van der Waals surface area contributed by atoms with Gasteiger partial charge in [-0.1, -0.05) is 0 Å². The Labute approximate surface area is 53.8 Å². The third-order valence-corrected chi connectivity index (χ3v) is 1.00. The monoisotopic (exact) mass is 136 g/mol. The van der Waals surface area contributed by atoms with Crippen molar-refractivity contribution in [1.82, 2.24) is 0 Å². The second kappa shape index (κ2) is 3.87. The Balaban J connectivity index is 3.24. The predicted octanol–water partition coefficient (Wildman–Crippen LogP) is 1.18. The topological polar surface area (TPSA) is 26.3 Å². The zero-order valence-corrected chi connectivity index (χ0v) is 5.73. The zero-order chi connectivity index (χ0) is 6.57. The van der Waals surface area contributed by atoms with Crippen molar-refractivity contribution in [3.05, 3.63) is 0 Å². The van der Waals surface area contributed by atoms with Gasteiger partial charge in [-0.05, 0) is 18.5 Å². The third-order valence-electron chi connectivity index (χ3n) is 0.850. The fraction of sp³-hybridized carbons (Fsp3) is 0.800. The van der Waals surface area contributed by atoms with E-state index in [1.54, 1.807) is 14.0 Å². The highest BCUT2D eigenvalue weighted by molar-refractivity contribution is 6.63. The maximum absolute atomic E-state index is 10.1. The van der Waals surface area contributed by atoms with Crippen molar-refractivity contribution in [2.24, 2.45) is 0 Å². The van der Waals surface area contributed by atoms with Gasteiger partial charge in [-0.3, -0.25) is 4.79 Å². The van der Waals surface area contributed by atoms with Crippen LogP contribution >= 0.6 is 11.6 Å². The van der Waals surface area contributed by atoms with Gasteiger partial charge in [-0.2, -0.15) is 0 Å². The van der Waals surface area contributed by atoms with Crippen LogP contribution in [0.1, 0.15) is 13.3 Å². The fourth-order valence-electron chi connectivity index (χ4n) is 0.309. The van der Waals surface area contributed by atoms with Gasteiger partial charge in [-0.25, -0.2) is 0 Å². The molecule has 0 saturated carbocycles. The molecule has 8 heavy (non-hydrogen) atoms. The Morgan fingerprint density at radius 2 is 2.38 bits per heavy atom. The summed E-state index contributed by atoms with van der Waals surface area (Å²) in [5.41, 5.74) is 0. The van der Waals surface area contributed by atoms with E-state index in [-0.39, 0.29) is 17.8 Å². The molecule has 0 radical (unpaired) electrons. The van der Waals surface area contributed by atoms with Gasteiger partial charge in [0.25, 0.3) is 0 Å². The molecule has 0 aromatic carbocycles. The third kappa shape index (κ3) is 4.09. The molecule has 1 unspecified atom stereocenters. The maximum atomic E-state index is 10.1. The van der Waals surface area contributed by atoms with Gasteiger partial charge in [0.1, 0.15) is 0 Å². The van der Waals surface area contributed by atoms with E-state index in [9.17, 15) is 4.79 Å². The highest BCUT2D eigenvalue weighted by Gasteiger charge is 2.02. The van der Waals surface area contributed by atoms with E-state index in [2.05, 4.69) is 0 Å². The van der Waals surface area contributed by atoms with Crippen LogP contribution in [0.3, 0.4) is 0 Å². The SMILES string of the molecule is COC(C)CC(=O)Cl. The van der Waals surface area contributed by atoms with Gasteiger partial charge in [0.15, 0.2) is 0 Å². The average molecular weight is 137 g/mol. The summed E-state index contributed by atoms with van der Waals surface area (Å²) in [6, 6.07) is 0. The van der Waals surface area contributed by atoms with Crippen molar-refractivity contribution in [3.63, 3.8) is 0 Å². The summed E-state index contributed by atoms with van der Waals surface area (Å²) in [5.74, 6) is 0. The Kier molecular flexibility index (Phi) is 3.83. The Morgan fingerprint density at radius 1 is 1.88 bits per heavy atom. The molecular formula is C5H9ClO2. The van der Waals surface area contributed by atoms with E-state index in [1.807, 2.05) is 0 Å². The standard InChI is InChI=1S/C5H9ClO2/c1-4(8-2)3-5(6)7/h4H,3H2,1-2H3. The second-order valence-electron chi connectivity index (χ2n) is 1.61. The molecule has 0 fully saturated rings. The van der Waals surface area contributed by atoms with Gasteiger partial charge in [0, 0.05) is 13.5 Å². The molecule has 0 aliphatic rings. The molecule has 0 aromatic rings. The number of carbonyl (C=O) groups is 1. The Morgan fingerprint density at radius 3 is 2.50 bits per heavy atom. The van der Waals surface area contributed by atoms with E-state index in [0.717, 1.165) is 0 Å². The van der Waals surface area contributed by atoms with Crippen molar-refractivity contribution in [2.45, 2.75) is 19.4 Å². The minimum absolute atomic E-state index is 0.0556. The van der Waals surface area contributed by atoms with Crippen molar-refractivity contribution in [1.29, 1.82) is 0 Å². The number of methoxy groups -OCH3 is 1. The number of hydrogen-bond donors (Lipinski definition) is 0. The van der Waals surface area contributed by atoms with Crippen molar-refractivity contribution in [3.8, 4) is 0 Å². The van der Waals surface area contributed by atoms with Crippen LogP contribution in [0.2, 0.25) is 0 Å². The number of hydrogen-bond acceptors (Lipinski definition) is 2. The lowest BCUT2D eigenvalue weighted by atomic mass is 10.3. The summed E-state index contributed by atoms with van der Waals surface area (Å²) in [6.45, 7) is 1.79. The van der Waals surface area contributed by atoms with Gasteiger partial charge < -0.3 is 4.74 Å². The van der Waals surface area contributed by atoms with Crippen molar-refractivity contribution >= 4 is 16.8 Å². The molecule has 0 aromatic heterocycles. The first-order chi connectivity index (χ1) is 3.66. The van der Waals surface area contributed by atoms with Gasteiger partial charge in [-0.15, -0.1) is 0 Å².